The van der Waals surface area contributed by atoms with Crippen LogP contribution in [-0.4, -0.2) is 37.5 Å². The SMILES string of the molecule is Cc1cc(C(=O)OC2CCOC3(CCOC3)C2)ccc1N. The molecule has 2 N–H and O–H groups in total. The highest BCUT2D eigenvalue weighted by molar-refractivity contribution is 5.90. The van der Waals surface area contributed by atoms with Gasteiger partial charge in [0.15, 0.2) is 0 Å². The van der Waals surface area contributed by atoms with Gasteiger partial charge in [-0.15, -0.1) is 0 Å². The van der Waals surface area contributed by atoms with E-state index in [4.69, 9.17) is 19.9 Å². The number of benzene rings is 1. The molecule has 0 amide bonds. The Hall–Kier alpha value is -1.59. The highest BCUT2D eigenvalue weighted by Crippen LogP contribution is 2.34. The van der Waals surface area contributed by atoms with E-state index >= 15 is 0 Å². The van der Waals surface area contributed by atoms with Crippen molar-refractivity contribution in [3.05, 3.63) is 29.3 Å². The molecule has 2 fully saturated rings. The van der Waals surface area contributed by atoms with Crippen LogP contribution in [0.2, 0.25) is 0 Å². The van der Waals surface area contributed by atoms with Crippen LogP contribution in [0.15, 0.2) is 18.2 Å². The fourth-order valence-corrected chi connectivity index (χ4v) is 2.97. The molecular weight excluding hydrogens is 270 g/mol. The molecule has 2 aliphatic heterocycles. The van der Waals surface area contributed by atoms with Crippen molar-refractivity contribution in [1.82, 2.24) is 0 Å². The maximum Gasteiger partial charge on any atom is 0.338 e. The van der Waals surface area contributed by atoms with E-state index in [1.54, 1.807) is 18.2 Å². The van der Waals surface area contributed by atoms with E-state index in [-0.39, 0.29) is 17.7 Å². The molecule has 1 aromatic rings. The zero-order chi connectivity index (χ0) is 14.9. The third-order valence-electron chi connectivity index (χ3n) is 4.29. The van der Waals surface area contributed by atoms with E-state index in [2.05, 4.69) is 0 Å². The van der Waals surface area contributed by atoms with Crippen molar-refractivity contribution in [1.29, 1.82) is 0 Å². The molecule has 114 valence electrons. The number of nitrogen functional groups attached to an aromatic ring is 1. The molecule has 2 saturated heterocycles. The van der Waals surface area contributed by atoms with Crippen LogP contribution >= 0.6 is 0 Å². The summed E-state index contributed by atoms with van der Waals surface area (Å²) in [7, 11) is 0. The maximum absolute atomic E-state index is 12.2. The quantitative estimate of drug-likeness (QED) is 0.667. The fraction of sp³-hybridized carbons (Fsp3) is 0.562. The van der Waals surface area contributed by atoms with Crippen LogP contribution in [0.5, 0.6) is 0 Å². The van der Waals surface area contributed by atoms with Crippen LogP contribution in [-0.2, 0) is 14.2 Å². The van der Waals surface area contributed by atoms with Gasteiger partial charge in [0.1, 0.15) is 6.10 Å². The van der Waals surface area contributed by atoms with Crippen LogP contribution < -0.4 is 5.73 Å². The molecule has 0 saturated carbocycles. The molecule has 2 unspecified atom stereocenters. The first-order valence-electron chi connectivity index (χ1n) is 7.37. The Morgan fingerprint density at radius 2 is 2.29 bits per heavy atom. The van der Waals surface area contributed by atoms with Crippen molar-refractivity contribution in [2.24, 2.45) is 0 Å². The molecular formula is C16H21NO4. The van der Waals surface area contributed by atoms with Crippen molar-refractivity contribution in [2.75, 3.05) is 25.6 Å². The molecule has 5 nitrogen and oxygen atoms in total. The second kappa shape index (κ2) is 5.66. The highest BCUT2D eigenvalue weighted by atomic mass is 16.6. The van der Waals surface area contributed by atoms with Gasteiger partial charge in [-0.05, 0) is 30.7 Å². The lowest BCUT2D eigenvalue weighted by molar-refractivity contribution is -0.120. The number of carbonyl (C=O) groups is 1. The van der Waals surface area contributed by atoms with Crippen molar-refractivity contribution < 1.29 is 19.0 Å². The minimum atomic E-state index is -0.293. The summed E-state index contributed by atoms with van der Waals surface area (Å²) in [5.74, 6) is -0.293. The summed E-state index contributed by atoms with van der Waals surface area (Å²) in [4.78, 5) is 12.2. The van der Waals surface area contributed by atoms with Gasteiger partial charge in [-0.25, -0.2) is 4.79 Å². The molecule has 0 bridgehead atoms. The van der Waals surface area contributed by atoms with Crippen LogP contribution in [0.1, 0.15) is 35.2 Å². The molecule has 0 radical (unpaired) electrons. The van der Waals surface area contributed by atoms with Crippen LogP contribution in [0.3, 0.4) is 0 Å². The third-order valence-corrected chi connectivity index (χ3v) is 4.29. The van der Waals surface area contributed by atoms with Gasteiger partial charge < -0.3 is 19.9 Å². The van der Waals surface area contributed by atoms with E-state index < -0.39 is 0 Å². The highest BCUT2D eigenvalue weighted by Gasteiger charge is 2.42. The van der Waals surface area contributed by atoms with Gasteiger partial charge in [0.25, 0.3) is 0 Å². The molecule has 1 spiro atoms. The van der Waals surface area contributed by atoms with Crippen LogP contribution in [0, 0.1) is 6.92 Å². The molecule has 2 atom stereocenters. The predicted octanol–water partition coefficient (Wildman–Crippen LogP) is 2.07. The van der Waals surface area contributed by atoms with Gasteiger partial charge in [-0.1, -0.05) is 0 Å². The first kappa shape index (κ1) is 14.4. The zero-order valence-electron chi connectivity index (χ0n) is 12.3. The largest absolute Gasteiger partial charge is 0.459 e. The summed E-state index contributed by atoms with van der Waals surface area (Å²) in [5, 5.41) is 0. The molecule has 21 heavy (non-hydrogen) atoms. The Balaban J connectivity index is 1.65. The van der Waals surface area contributed by atoms with E-state index in [1.165, 1.54) is 0 Å². The van der Waals surface area contributed by atoms with Crippen molar-refractivity contribution in [3.8, 4) is 0 Å². The molecule has 2 heterocycles. The number of anilines is 1. The van der Waals surface area contributed by atoms with Gasteiger partial charge in [-0.3, -0.25) is 0 Å². The smallest absolute Gasteiger partial charge is 0.338 e. The normalized spacial score (nSPS) is 28.7. The van der Waals surface area contributed by atoms with Crippen LogP contribution in [0.25, 0.3) is 0 Å². The van der Waals surface area contributed by atoms with Gasteiger partial charge >= 0.3 is 5.97 Å². The summed E-state index contributed by atoms with van der Waals surface area (Å²) in [6, 6.07) is 5.21. The maximum atomic E-state index is 12.2. The lowest BCUT2D eigenvalue weighted by atomic mass is 9.91. The standard InChI is InChI=1S/C16H21NO4/c1-11-8-12(2-3-14(11)17)15(18)21-13-4-6-20-16(9-13)5-7-19-10-16/h2-3,8,13H,4-7,9-10,17H2,1H3. The Morgan fingerprint density at radius 1 is 1.43 bits per heavy atom. The van der Waals surface area contributed by atoms with Gasteiger partial charge in [-0.2, -0.15) is 0 Å². The molecule has 0 aliphatic carbocycles. The molecule has 2 aliphatic rings. The average molecular weight is 291 g/mol. The minimum absolute atomic E-state index is 0.106. The first-order valence-corrected chi connectivity index (χ1v) is 7.37. The number of aryl methyl sites for hydroxylation is 1. The van der Waals surface area contributed by atoms with Crippen LogP contribution in [0.4, 0.5) is 5.69 Å². The van der Waals surface area contributed by atoms with Gasteiger partial charge in [0.05, 0.1) is 24.4 Å². The topological polar surface area (TPSA) is 70.8 Å². The summed E-state index contributed by atoms with van der Waals surface area (Å²) in [5.41, 5.74) is 7.63. The lowest BCUT2D eigenvalue weighted by Gasteiger charge is -2.36. The Kier molecular flexibility index (Phi) is 3.87. The number of carbonyl (C=O) groups excluding carboxylic acids is 1. The van der Waals surface area contributed by atoms with Gasteiger partial charge in [0, 0.05) is 31.6 Å². The van der Waals surface area contributed by atoms with E-state index in [0.29, 0.717) is 30.9 Å². The Bertz CT molecular complexity index is 537. The summed E-state index contributed by atoms with van der Waals surface area (Å²) in [6.45, 7) is 3.81. The van der Waals surface area contributed by atoms with Crippen molar-refractivity contribution in [2.45, 2.75) is 37.9 Å². The van der Waals surface area contributed by atoms with Crippen molar-refractivity contribution in [3.63, 3.8) is 0 Å². The number of esters is 1. The predicted molar refractivity (Wildman–Crippen MR) is 78.1 cm³/mol. The Labute approximate surface area is 124 Å². The molecule has 0 aromatic heterocycles. The van der Waals surface area contributed by atoms with E-state index in [9.17, 15) is 4.79 Å². The zero-order valence-corrected chi connectivity index (χ0v) is 12.3. The number of nitrogens with two attached hydrogens (primary N) is 1. The van der Waals surface area contributed by atoms with Gasteiger partial charge in [0.2, 0.25) is 0 Å². The summed E-state index contributed by atoms with van der Waals surface area (Å²) in [6.07, 6.45) is 2.22. The molecule has 1 aromatic carbocycles. The molecule has 5 heteroatoms. The number of rotatable bonds is 2. The average Bonchev–Trinajstić information content (AvgIpc) is 2.89. The first-order chi connectivity index (χ1) is 10.1. The second-order valence-electron chi connectivity index (χ2n) is 5.93. The van der Waals surface area contributed by atoms with Crippen molar-refractivity contribution >= 4 is 11.7 Å². The number of ether oxygens (including phenoxy) is 3. The van der Waals surface area contributed by atoms with E-state index in [0.717, 1.165) is 25.0 Å². The summed E-state index contributed by atoms with van der Waals surface area (Å²) < 4.78 is 16.9. The number of hydrogen-bond acceptors (Lipinski definition) is 5. The fourth-order valence-electron chi connectivity index (χ4n) is 2.97. The molecule has 3 rings (SSSR count). The number of hydrogen-bond donors (Lipinski definition) is 1. The monoisotopic (exact) mass is 291 g/mol. The minimum Gasteiger partial charge on any atom is -0.459 e. The second-order valence-corrected chi connectivity index (χ2v) is 5.93. The lowest BCUT2D eigenvalue weighted by Crippen LogP contribution is -2.43. The Morgan fingerprint density at radius 3 is 3.00 bits per heavy atom. The third kappa shape index (κ3) is 3.04. The summed E-state index contributed by atoms with van der Waals surface area (Å²) >= 11 is 0. The van der Waals surface area contributed by atoms with E-state index in [1.807, 2.05) is 6.92 Å².